The van der Waals surface area contributed by atoms with Gasteiger partial charge in [0.15, 0.2) is 0 Å². The topological polar surface area (TPSA) is 44.0 Å². The zero-order valence-corrected chi connectivity index (χ0v) is 9.39. The molecule has 0 bridgehead atoms. The number of rotatable bonds is 2. The van der Waals surface area contributed by atoms with Crippen molar-refractivity contribution < 1.29 is 5.11 Å². The molecule has 1 aliphatic rings. The summed E-state index contributed by atoms with van der Waals surface area (Å²) in [5.74, 6) is 0.377. The van der Waals surface area contributed by atoms with Crippen LogP contribution in [0, 0.1) is 17.2 Å². The molecule has 16 heavy (non-hydrogen) atoms. The summed E-state index contributed by atoms with van der Waals surface area (Å²) in [4.78, 5) is 0. The Kier molecular flexibility index (Phi) is 3.58. The van der Waals surface area contributed by atoms with Gasteiger partial charge < -0.3 is 5.11 Å². The first-order chi connectivity index (χ1) is 7.81. The summed E-state index contributed by atoms with van der Waals surface area (Å²) in [6.07, 6.45) is 5.56. The van der Waals surface area contributed by atoms with E-state index in [9.17, 15) is 5.11 Å². The predicted octanol–water partition coefficient (Wildman–Crippen LogP) is 3.17. The van der Waals surface area contributed by atoms with Crippen LogP contribution in [0.2, 0.25) is 0 Å². The largest absolute Gasteiger partial charge is 0.388 e. The molecule has 0 radical (unpaired) electrons. The average molecular weight is 215 g/mol. The second kappa shape index (κ2) is 5.14. The molecule has 1 N–H and O–H groups in total. The standard InChI is InChI=1S/C14H17NO/c15-10-11-5-4-8-13(9-11)14(16)12-6-2-1-3-7-12/h4-5,8-9,12,14,16H,1-3,6-7H2/t14-/m1/s1. The third-order valence-corrected chi connectivity index (χ3v) is 3.45. The van der Waals surface area contributed by atoms with Gasteiger partial charge >= 0.3 is 0 Å². The van der Waals surface area contributed by atoms with Gasteiger partial charge in [0.05, 0.1) is 17.7 Å². The van der Waals surface area contributed by atoms with E-state index in [4.69, 9.17) is 5.26 Å². The van der Waals surface area contributed by atoms with E-state index in [2.05, 4.69) is 6.07 Å². The molecule has 1 saturated carbocycles. The van der Waals surface area contributed by atoms with E-state index in [1.54, 1.807) is 12.1 Å². The third-order valence-electron chi connectivity index (χ3n) is 3.45. The smallest absolute Gasteiger partial charge is 0.0991 e. The SMILES string of the molecule is N#Cc1cccc([C@H](O)C2CCCCC2)c1. The highest BCUT2D eigenvalue weighted by molar-refractivity contribution is 5.33. The summed E-state index contributed by atoms with van der Waals surface area (Å²) in [5.41, 5.74) is 1.53. The van der Waals surface area contributed by atoms with E-state index in [-0.39, 0.29) is 0 Å². The molecule has 0 spiro atoms. The van der Waals surface area contributed by atoms with Gasteiger partial charge in [-0.1, -0.05) is 31.4 Å². The lowest BCUT2D eigenvalue weighted by molar-refractivity contribution is 0.0848. The number of hydrogen-bond donors (Lipinski definition) is 1. The van der Waals surface area contributed by atoms with Gasteiger partial charge in [0.25, 0.3) is 0 Å². The van der Waals surface area contributed by atoms with Gasteiger partial charge in [0, 0.05) is 0 Å². The lowest BCUT2D eigenvalue weighted by Crippen LogP contribution is -2.15. The fraction of sp³-hybridized carbons (Fsp3) is 0.500. The third kappa shape index (κ3) is 2.43. The quantitative estimate of drug-likeness (QED) is 0.823. The van der Waals surface area contributed by atoms with Crippen molar-refractivity contribution in [3.05, 3.63) is 35.4 Å². The van der Waals surface area contributed by atoms with Crippen molar-refractivity contribution >= 4 is 0 Å². The van der Waals surface area contributed by atoms with Crippen LogP contribution >= 0.6 is 0 Å². The Morgan fingerprint density at radius 2 is 2.00 bits per heavy atom. The lowest BCUT2D eigenvalue weighted by atomic mass is 9.82. The molecule has 2 rings (SSSR count). The summed E-state index contributed by atoms with van der Waals surface area (Å²) in [6, 6.07) is 9.46. The van der Waals surface area contributed by atoms with Gasteiger partial charge in [-0.2, -0.15) is 5.26 Å². The van der Waals surface area contributed by atoms with Gasteiger partial charge in [-0.25, -0.2) is 0 Å². The first-order valence-corrected chi connectivity index (χ1v) is 5.99. The van der Waals surface area contributed by atoms with Crippen molar-refractivity contribution in [3.8, 4) is 6.07 Å². The van der Waals surface area contributed by atoms with E-state index in [1.807, 2.05) is 12.1 Å². The lowest BCUT2D eigenvalue weighted by Gasteiger charge is -2.26. The molecule has 84 valence electrons. The van der Waals surface area contributed by atoms with Crippen LogP contribution in [0.15, 0.2) is 24.3 Å². The minimum absolute atomic E-state index is 0.377. The Balaban J connectivity index is 2.13. The Hall–Kier alpha value is -1.33. The summed E-state index contributed by atoms with van der Waals surface area (Å²) in [5, 5.41) is 19.1. The Labute approximate surface area is 96.5 Å². The highest BCUT2D eigenvalue weighted by Crippen LogP contribution is 2.34. The summed E-state index contributed by atoms with van der Waals surface area (Å²) >= 11 is 0. The first-order valence-electron chi connectivity index (χ1n) is 5.99. The number of hydrogen-bond acceptors (Lipinski definition) is 2. The summed E-state index contributed by atoms with van der Waals surface area (Å²) < 4.78 is 0. The van der Waals surface area contributed by atoms with Gasteiger partial charge in [-0.3, -0.25) is 0 Å². The molecule has 1 atom stereocenters. The number of nitriles is 1. The summed E-state index contributed by atoms with van der Waals surface area (Å²) in [7, 11) is 0. The van der Waals surface area contributed by atoms with Crippen molar-refractivity contribution in [2.75, 3.05) is 0 Å². The van der Waals surface area contributed by atoms with Gasteiger partial charge in [0.2, 0.25) is 0 Å². The molecule has 0 aliphatic heterocycles. The normalized spacial score (nSPS) is 19.0. The van der Waals surface area contributed by atoms with E-state index >= 15 is 0 Å². The molecule has 1 aromatic carbocycles. The molecule has 0 amide bonds. The van der Waals surface area contributed by atoms with E-state index in [1.165, 1.54) is 19.3 Å². The van der Waals surface area contributed by atoms with Crippen LogP contribution < -0.4 is 0 Å². The maximum atomic E-state index is 10.3. The van der Waals surface area contributed by atoms with E-state index < -0.39 is 6.10 Å². The van der Waals surface area contributed by atoms with Gasteiger partial charge in [-0.15, -0.1) is 0 Å². The molecule has 0 unspecified atom stereocenters. The minimum atomic E-state index is -0.395. The van der Waals surface area contributed by atoms with Crippen molar-refractivity contribution in [3.63, 3.8) is 0 Å². The zero-order valence-electron chi connectivity index (χ0n) is 9.39. The van der Waals surface area contributed by atoms with Crippen molar-refractivity contribution in [1.82, 2.24) is 0 Å². The first kappa shape index (κ1) is 11.2. The van der Waals surface area contributed by atoms with Crippen LogP contribution in [0.4, 0.5) is 0 Å². The highest BCUT2D eigenvalue weighted by atomic mass is 16.3. The summed E-state index contributed by atoms with van der Waals surface area (Å²) in [6.45, 7) is 0. The van der Waals surface area contributed by atoms with Crippen LogP contribution in [-0.4, -0.2) is 5.11 Å². The van der Waals surface area contributed by atoms with E-state index in [0.717, 1.165) is 18.4 Å². The molecule has 2 nitrogen and oxygen atoms in total. The molecule has 0 heterocycles. The zero-order chi connectivity index (χ0) is 11.4. The van der Waals surface area contributed by atoms with Crippen molar-refractivity contribution in [2.45, 2.75) is 38.2 Å². The molecule has 1 aromatic rings. The van der Waals surface area contributed by atoms with Crippen LogP contribution in [0.3, 0.4) is 0 Å². The minimum Gasteiger partial charge on any atom is -0.388 e. The van der Waals surface area contributed by atoms with E-state index in [0.29, 0.717) is 11.5 Å². The molecule has 0 aromatic heterocycles. The molecule has 0 saturated heterocycles. The highest BCUT2D eigenvalue weighted by Gasteiger charge is 2.22. The van der Waals surface area contributed by atoms with Crippen LogP contribution in [0.1, 0.15) is 49.3 Å². The van der Waals surface area contributed by atoms with Crippen LogP contribution in [0.5, 0.6) is 0 Å². The van der Waals surface area contributed by atoms with Gasteiger partial charge in [-0.05, 0) is 36.5 Å². The fourth-order valence-electron chi connectivity index (χ4n) is 2.51. The Morgan fingerprint density at radius 3 is 2.69 bits per heavy atom. The molecular formula is C14H17NO. The maximum Gasteiger partial charge on any atom is 0.0991 e. The number of aliphatic hydroxyl groups excluding tert-OH is 1. The predicted molar refractivity (Wildman–Crippen MR) is 62.7 cm³/mol. The second-order valence-corrected chi connectivity index (χ2v) is 4.58. The number of nitrogens with zero attached hydrogens (tertiary/aromatic N) is 1. The van der Waals surface area contributed by atoms with Crippen molar-refractivity contribution in [1.29, 1.82) is 5.26 Å². The molecular weight excluding hydrogens is 198 g/mol. The van der Waals surface area contributed by atoms with Crippen LogP contribution in [0.25, 0.3) is 0 Å². The monoisotopic (exact) mass is 215 g/mol. The average Bonchev–Trinajstić information content (AvgIpc) is 2.39. The Bertz CT molecular complexity index is 388. The molecule has 1 aliphatic carbocycles. The second-order valence-electron chi connectivity index (χ2n) is 4.58. The van der Waals surface area contributed by atoms with Crippen LogP contribution in [-0.2, 0) is 0 Å². The molecule has 2 heteroatoms. The number of benzene rings is 1. The van der Waals surface area contributed by atoms with Gasteiger partial charge in [0.1, 0.15) is 0 Å². The Morgan fingerprint density at radius 1 is 1.25 bits per heavy atom. The maximum absolute atomic E-state index is 10.3. The fourth-order valence-corrected chi connectivity index (χ4v) is 2.51. The molecule has 1 fully saturated rings. The van der Waals surface area contributed by atoms with Crippen molar-refractivity contribution in [2.24, 2.45) is 5.92 Å². The number of aliphatic hydroxyl groups is 1.